The molecule has 72 valence electrons. The molecule has 1 fully saturated rings. The summed E-state index contributed by atoms with van der Waals surface area (Å²) < 4.78 is 5.18. The lowest BCUT2D eigenvalue weighted by atomic mass is 9.82. The first-order chi connectivity index (χ1) is 6.28. The van der Waals surface area contributed by atoms with Crippen LogP contribution in [0.4, 0.5) is 5.82 Å². The summed E-state index contributed by atoms with van der Waals surface area (Å²) >= 11 is 0. The van der Waals surface area contributed by atoms with Crippen molar-refractivity contribution in [1.82, 2.24) is 15.0 Å². The maximum Gasteiger partial charge on any atom is 0.165 e. The number of methoxy groups -OCH3 is 1. The number of ether oxygens (including phenoxy) is 1. The Morgan fingerprint density at radius 1 is 1.69 bits per heavy atom. The Kier molecular flexibility index (Phi) is 2.18. The van der Waals surface area contributed by atoms with E-state index in [9.17, 15) is 0 Å². The van der Waals surface area contributed by atoms with Crippen molar-refractivity contribution >= 4 is 5.82 Å². The molecule has 1 heterocycles. The number of aromatic nitrogens is 3. The molecule has 0 radical (unpaired) electrons. The van der Waals surface area contributed by atoms with Crippen LogP contribution >= 0.6 is 0 Å². The van der Waals surface area contributed by atoms with E-state index in [0.717, 1.165) is 19.4 Å². The number of nitrogens with zero attached hydrogens (tertiary/aromatic N) is 3. The van der Waals surface area contributed by atoms with Crippen LogP contribution in [0.5, 0.6) is 0 Å². The molecule has 0 saturated heterocycles. The first-order valence-corrected chi connectivity index (χ1v) is 4.46. The smallest absolute Gasteiger partial charge is 0.165 e. The highest BCUT2D eigenvalue weighted by molar-refractivity contribution is 5.19. The fraction of sp³-hybridized carbons (Fsp3) is 0.750. The summed E-state index contributed by atoms with van der Waals surface area (Å²) in [5.74, 6) is 1.14. The van der Waals surface area contributed by atoms with Gasteiger partial charge in [0.25, 0.3) is 0 Å². The maximum absolute atomic E-state index is 5.45. The second-order valence-electron chi connectivity index (χ2n) is 3.52. The van der Waals surface area contributed by atoms with Crippen LogP contribution in [0.15, 0.2) is 6.20 Å². The second-order valence-corrected chi connectivity index (χ2v) is 3.52. The molecule has 1 aromatic rings. The molecule has 1 aromatic heterocycles. The normalized spacial score (nSPS) is 27.2. The molecular formula is C8H14N4O. The Morgan fingerprint density at radius 3 is 3.00 bits per heavy atom. The summed E-state index contributed by atoms with van der Waals surface area (Å²) in [4.78, 5) is 1.66. The van der Waals surface area contributed by atoms with Crippen molar-refractivity contribution in [2.45, 2.75) is 25.5 Å². The summed E-state index contributed by atoms with van der Waals surface area (Å²) in [6.45, 7) is 0.858. The number of nitrogen functional groups attached to an aromatic ring is 1. The largest absolute Gasteiger partial charge is 0.381 e. The zero-order valence-electron chi connectivity index (χ0n) is 7.68. The van der Waals surface area contributed by atoms with Crippen LogP contribution in [-0.4, -0.2) is 28.2 Å². The van der Waals surface area contributed by atoms with Gasteiger partial charge in [-0.15, -0.1) is 5.10 Å². The zero-order chi connectivity index (χ0) is 9.26. The van der Waals surface area contributed by atoms with E-state index in [2.05, 4.69) is 10.2 Å². The third-order valence-electron chi connectivity index (χ3n) is 2.50. The van der Waals surface area contributed by atoms with Gasteiger partial charge in [-0.2, -0.15) is 9.90 Å². The number of nitrogens with two attached hydrogens (primary N) is 1. The van der Waals surface area contributed by atoms with Crippen molar-refractivity contribution in [2.75, 3.05) is 12.8 Å². The van der Waals surface area contributed by atoms with Gasteiger partial charge in [0.15, 0.2) is 5.82 Å². The zero-order valence-corrected chi connectivity index (χ0v) is 7.68. The van der Waals surface area contributed by atoms with E-state index in [1.165, 1.54) is 0 Å². The number of hydrogen-bond acceptors (Lipinski definition) is 4. The van der Waals surface area contributed by atoms with Gasteiger partial charge in [-0.1, -0.05) is 0 Å². The first kappa shape index (κ1) is 8.50. The van der Waals surface area contributed by atoms with Crippen LogP contribution < -0.4 is 5.73 Å². The molecule has 0 atom stereocenters. The fourth-order valence-corrected chi connectivity index (χ4v) is 1.65. The standard InChI is InChI=1S/C8H14N4O/c1-13-7-2-6(3-7)5-12-10-4-8(9)11-12/h4,6-7H,2-3,5H2,1H3,(H2,9,11). The van der Waals surface area contributed by atoms with E-state index in [1.807, 2.05) is 0 Å². The van der Waals surface area contributed by atoms with Crippen molar-refractivity contribution in [2.24, 2.45) is 5.92 Å². The quantitative estimate of drug-likeness (QED) is 0.729. The molecule has 0 spiro atoms. The average Bonchev–Trinajstić information content (AvgIpc) is 2.43. The Balaban J connectivity index is 1.81. The van der Waals surface area contributed by atoms with Crippen molar-refractivity contribution in [3.05, 3.63) is 6.20 Å². The molecule has 1 aliphatic carbocycles. The van der Waals surface area contributed by atoms with Gasteiger partial charge in [0.1, 0.15) is 0 Å². The Bertz CT molecular complexity index is 279. The van der Waals surface area contributed by atoms with Crippen LogP contribution in [-0.2, 0) is 11.3 Å². The highest BCUT2D eigenvalue weighted by Crippen LogP contribution is 2.30. The van der Waals surface area contributed by atoms with Crippen LogP contribution in [0.1, 0.15) is 12.8 Å². The average molecular weight is 182 g/mol. The number of hydrogen-bond donors (Lipinski definition) is 1. The van der Waals surface area contributed by atoms with Crippen LogP contribution in [0, 0.1) is 5.92 Å². The van der Waals surface area contributed by atoms with Gasteiger partial charge in [0.05, 0.1) is 18.8 Å². The van der Waals surface area contributed by atoms with Gasteiger partial charge in [-0.05, 0) is 18.8 Å². The maximum atomic E-state index is 5.45. The molecule has 1 aliphatic rings. The van der Waals surface area contributed by atoms with Gasteiger partial charge in [0.2, 0.25) is 0 Å². The molecule has 13 heavy (non-hydrogen) atoms. The summed E-state index contributed by atoms with van der Waals surface area (Å²) in [7, 11) is 1.75. The Hall–Kier alpha value is -1.10. The molecule has 0 aliphatic heterocycles. The Morgan fingerprint density at radius 2 is 2.46 bits per heavy atom. The van der Waals surface area contributed by atoms with Crippen molar-refractivity contribution in [3.63, 3.8) is 0 Å². The summed E-state index contributed by atoms with van der Waals surface area (Å²) in [5, 5.41) is 8.05. The first-order valence-electron chi connectivity index (χ1n) is 4.46. The molecular weight excluding hydrogens is 168 g/mol. The van der Waals surface area contributed by atoms with Crippen molar-refractivity contribution < 1.29 is 4.74 Å². The minimum absolute atomic E-state index is 0.443. The van der Waals surface area contributed by atoms with Gasteiger partial charge < -0.3 is 10.5 Å². The highest BCUT2D eigenvalue weighted by atomic mass is 16.5. The highest BCUT2D eigenvalue weighted by Gasteiger charge is 2.29. The molecule has 0 aromatic carbocycles. The number of anilines is 1. The van der Waals surface area contributed by atoms with Gasteiger partial charge in [-0.25, -0.2) is 0 Å². The van der Waals surface area contributed by atoms with Crippen LogP contribution in [0.2, 0.25) is 0 Å². The SMILES string of the molecule is COC1CC(Cn2ncc(N)n2)C1. The topological polar surface area (TPSA) is 66.0 Å². The third-order valence-corrected chi connectivity index (χ3v) is 2.50. The van der Waals surface area contributed by atoms with E-state index in [4.69, 9.17) is 10.5 Å². The lowest BCUT2D eigenvalue weighted by Gasteiger charge is -2.33. The molecule has 1 saturated carbocycles. The predicted molar refractivity (Wildman–Crippen MR) is 48.0 cm³/mol. The predicted octanol–water partition coefficient (Wildman–Crippen LogP) is 0.285. The van der Waals surface area contributed by atoms with Crippen LogP contribution in [0.3, 0.4) is 0 Å². The third kappa shape index (κ3) is 1.80. The molecule has 2 N–H and O–H groups in total. The van der Waals surface area contributed by atoms with Crippen molar-refractivity contribution in [3.8, 4) is 0 Å². The molecule has 0 bridgehead atoms. The van der Waals surface area contributed by atoms with Crippen LogP contribution in [0.25, 0.3) is 0 Å². The summed E-state index contributed by atoms with van der Waals surface area (Å²) in [6.07, 6.45) is 4.24. The molecule has 5 heteroatoms. The van der Waals surface area contributed by atoms with Gasteiger partial charge in [-0.3, -0.25) is 0 Å². The summed E-state index contributed by atoms with van der Waals surface area (Å²) in [5.41, 5.74) is 5.45. The van der Waals surface area contributed by atoms with Gasteiger partial charge in [0, 0.05) is 7.11 Å². The van der Waals surface area contributed by atoms with E-state index >= 15 is 0 Å². The Labute approximate surface area is 76.9 Å². The van der Waals surface area contributed by atoms with Gasteiger partial charge >= 0.3 is 0 Å². The molecule has 2 rings (SSSR count). The van der Waals surface area contributed by atoms with E-state index < -0.39 is 0 Å². The minimum atomic E-state index is 0.443. The second kappa shape index (κ2) is 3.33. The van der Waals surface area contributed by atoms with E-state index in [-0.39, 0.29) is 0 Å². The molecule has 0 amide bonds. The molecule has 0 unspecified atom stereocenters. The monoisotopic (exact) mass is 182 g/mol. The van der Waals surface area contributed by atoms with E-state index in [0.29, 0.717) is 17.8 Å². The van der Waals surface area contributed by atoms with E-state index in [1.54, 1.807) is 18.1 Å². The lowest BCUT2D eigenvalue weighted by Crippen LogP contribution is -2.33. The summed E-state index contributed by atoms with van der Waals surface area (Å²) in [6, 6.07) is 0. The fourth-order valence-electron chi connectivity index (χ4n) is 1.65. The molecule has 5 nitrogen and oxygen atoms in total. The minimum Gasteiger partial charge on any atom is -0.381 e. The number of rotatable bonds is 3. The van der Waals surface area contributed by atoms with Crippen molar-refractivity contribution in [1.29, 1.82) is 0 Å². The lowest BCUT2D eigenvalue weighted by molar-refractivity contribution is -0.00677.